The molecule has 2 aromatic rings. The second kappa shape index (κ2) is 8.41. The van der Waals surface area contributed by atoms with E-state index < -0.39 is 10.0 Å². The van der Waals surface area contributed by atoms with Crippen LogP contribution in [-0.4, -0.2) is 28.6 Å². The Morgan fingerprint density at radius 1 is 1.08 bits per heavy atom. The molecule has 0 atom stereocenters. The average molecular weight is 439 g/mol. The van der Waals surface area contributed by atoms with Crippen molar-refractivity contribution >= 4 is 31.6 Å². The first-order chi connectivity index (χ1) is 12.5. The number of methoxy groups -OCH3 is 1. The molecule has 0 spiro atoms. The van der Waals surface area contributed by atoms with Gasteiger partial charge in [0.15, 0.2) is 0 Å². The van der Waals surface area contributed by atoms with Gasteiger partial charge in [-0.3, -0.25) is 0 Å². The third kappa shape index (κ3) is 4.58. The summed E-state index contributed by atoms with van der Waals surface area (Å²) >= 11 is 3.31. The fourth-order valence-corrected chi connectivity index (χ4v) is 4.82. The Balaban J connectivity index is 1.69. The molecule has 1 N–H and O–H groups in total. The molecule has 1 fully saturated rings. The lowest BCUT2D eigenvalue weighted by molar-refractivity contribution is 0.402. The maximum absolute atomic E-state index is 12.6. The Kier molecular flexibility index (Phi) is 6.21. The summed E-state index contributed by atoms with van der Waals surface area (Å²) in [6.07, 6.45) is 3.77. The van der Waals surface area contributed by atoms with Crippen molar-refractivity contribution in [3.63, 3.8) is 0 Å². The van der Waals surface area contributed by atoms with Gasteiger partial charge in [0.05, 0.1) is 7.11 Å². The van der Waals surface area contributed by atoms with Crippen molar-refractivity contribution in [2.24, 2.45) is 0 Å². The number of nitrogens with one attached hydrogen (secondary N) is 1. The standard InChI is InChI=1S/C19H23BrN2O3S/c1-25-18-10-7-16(20)13-19(18)26(23,24)21-14-15-5-8-17(9-6-15)22-11-3-2-4-12-22/h5-10,13,21H,2-4,11-12,14H2,1H3. The molecule has 2 aromatic carbocycles. The molecular formula is C19H23BrN2O3S. The summed E-state index contributed by atoms with van der Waals surface area (Å²) in [4.78, 5) is 2.50. The maximum Gasteiger partial charge on any atom is 0.244 e. The van der Waals surface area contributed by atoms with Crippen molar-refractivity contribution in [2.75, 3.05) is 25.1 Å². The summed E-state index contributed by atoms with van der Waals surface area (Å²) in [6, 6.07) is 13.0. The first-order valence-electron chi connectivity index (χ1n) is 8.67. The van der Waals surface area contributed by atoms with E-state index in [1.165, 1.54) is 32.1 Å². The van der Waals surface area contributed by atoms with Gasteiger partial charge in [-0.25, -0.2) is 13.1 Å². The van der Waals surface area contributed by atoms with Crippen molar-refractivity contribution in [3.8, 4) is 5.75 Å². The Morgan fingerprint density at radius 3 is 2.42 bits per heavy atom. The van der Waals surface area contributed by atoms with Gasteiger partial charge in [-0.15, -0.1) is 0 Å². The number of hydrogen-bond donors (Lipinski definition) is 1. The number of piperidine rings is 1. The Morgan fingerprint density at radius 2 is 1.77 bits per heavy atom. The van der Waals surface area contributed by atoms with Crippen molar-refractivity contribution in [2.45, 2.75) is 30.7 Å². The number of rotatable bonds is 6. The fourth-order valence-electron chi connectivity index (χ4n) is 3.09. The van der Waals surface area contributed by atoms with Gasteiger partial charge in [0.25, 0.3) is 0 Å². The smallest absolute Gasteiger partial charge is 0.244 e. The minimum Gasteiger partial charge on any atom is -0.495 e. The maximum atomic E-state index is 12.6. The van der Waals surface area contributed by atoms with Crippen LogP contribution < -0.4 is 14.4 Å². The molecule has 0 amide bonds. The monoisotopic (exact) mass is 438 g/mol. The molecule has 0 radical (unpaired) electrons. The third-order valence-corrected chi connectivity index (χ3v) is 6.45. The molecule has 1 saturated heterocycles. The van der Waals surface area contributed by atoms with Gasteiger partial charge in [0, 0.05) is 29.8 Å². The first-order valence-corrected chi connectivity index (χ1v) is 10.9. The van der Waals surface area contributed by atoms with Gasteiger partial charge in [-0.05, 0) is 55.2 Å². The molecular weight excluding hydrogens is 416 g/mol. The molecule has 26 heavy (non-hydrogen) atoms. The zero-order valence-electron chi connectivity index (χ0n) is 14.7. The van der Waals surface area contributed by atoms with Crippen LogP contribution >= 0.6 is 15.9 Å². The largest absolute Gasteiger partial charge is 0.495 e. The Bertz CT molecular complexity index is 848. The minimum absolute atomic E-state index is 0.124. The number of benzene rings is 2. The molecule has 7 heteroatoms. The predicted molar refractivity (Wildman–Crippen MR) is 107 cm³/mol. The van der Waals surface area contributed by atoms with E-state index in [1.54, 1.807) is 18.2 Å². The number of anilines is 1. The van der Waals surface area contributed by atoms with Gasteiger partial charge in [0.2, 0.25) is 10.0 Å². The number of sulfonamides is 1. The van der Waals surface area contributed by atoms with Crippen LogP contribution in [0.1, 0.15) is 24.8 Å². The average Bonchev–Trinajstić information content (AvgIpc) is 2.67. The van der Waals surface area contributed by atoms with Crippen molar-refractivity contribution < 1.29 is 13.2 Å². The normalized spacial score (nSPS) is 15.1. The molecule has 0 bridgehead atoms. The molecule has 0 aliphatic carbocycles. The lowest BCUT2D eigenvalue weighted by Gasteiger charge is -2.28. The quantitative estimate of drug-likeness (QED) is 0.741. The van der Waals surface area contributed by atoms with Gasteiger partial charge in [-0.1, -0.05) is 28.1 Å². The molecule has 1 heterocycles. The van der Waals surface area contributed by atoms with Crippen molar-refractivity contribution in [3.05, 3.63) is 52.5 Å². The zero-order valence-corrected chi connectivity index (χ0v) is 17.1. The van der Waals surface area contributed by atoms with Crippen LogP contribution in [0.15, 0.2) is 51.8 Å². The van der Waals surface area contributed by atoms with E-state index in [4.69, 9.17) is 4.74 Å². The van der Waals surface area contributed by atoms with Crippen LogP contribution in [0, 0.1) is 0 Å². The van der Waals surface area contributed by atoms with E-state index in [0.29, 0.717) is 10.2 Å². The first kappa shape index (κ1) is 19.2. The lowest BCUT2D eigenvalue weighted by Crippen LogP contribution is -2.29. The Labute approximate surface area is 163 Å². The van der Waals surface area contributed by atoms with E-state index in [1.807, 2.05) is 12.1 Å². The second-order valence-electron chi connectivity index (χ2n) is 6.33. The molecule has 0 saturated carbocycles. The minimum atomic E-state index is -3.67. The second-order valence-corrected chi connectivity index (χ2v) is 8.98. The molecule has 1 aliphatic heterocycles. The zero-order chi connectivity index (χ0) is 18.6. The molecule has 3 rings (SSSR count). The summed E-state index contributed by atoms with van der Waals surface area (Å²) in [5.41, 5.74) is 2.12. The van der Waals surface area contributed by atoms with Crippen LogP contribution in [0.4, 0.5) is 5.69 Å². The number of hydrogen-bond acceptors (Lipinski definition) is 4. The molecule has 0 aromatic heterocycles. The SMILES string of the molecule is COc1ccc(Br)cc1S(=O)(=O)NCc1ccc(N2CCCCC2)cc1. The topological polar surface area (TPSA) is 58.6 Å². The van der Waals surface area contributed by atoms with Gasteiger partial charge >= 0.3 is 0 Å². The highest BCUT2D eigenvalue weighted by atomic mass is 79.9. The van der Waals surface area contributed by atoms with Crippen LogP contribution in [0.2, 0.25) is 0 Å². The fraction of sp³-hybridized carbons (Fsp3) is 0.368. The summed E-state index contributed by atoms with van der Waals surface area (Å²) in [5.74, 6) is 0.321. The summed E-state index contributed by atoms with van der Waals surface area (Å²) < 4.78 is 33.8. The van der Waals surface area contributed by atoms with E-state index in [-0.39, 0.29) is 11.4 Å². The van der Waals surface area contributed by atoms with Gasteiger partial charge < -0.3 is 9.64 Å². The van der Waals surface area contributed by atoms with E-state index in [2.05, 4.69) is 37.7 Å². The number of ether oxygens (including phenoxy) is 1. The van der Waals surface area contributed by atoms with Crippen LogP contribution in [-0.2, 0) is 16.6 Å². The molecule has 140 valence electrons. The summed E-state index contributed by atoms with van der Waals surface area (Å²) in [5, 5.41) is 0. The van der Waals surface area contributed by atoms with Crippen LogP contribution in [0.3, 0.4) is 0 Å². The van der Waals surface area contributed by atoms with Crippen LogP contribution in [0.5, 0.6) is 5.75 Å². The summed E-state index contributed by atoms with van der Waals surface area (Å²) in [7, 11) is -2.21. The molecule has 0 unspecified atom stereocenters. The highest BCUT2D eigenvalue weighted by molar-refractivity contribution is 9.10. The van der Waals surface area contributed by atoms with Crippen molar-refractivity contribution in [1.29, 1.82) is 0 Å². The predicted octanol–water partition coefficient (Wildman–Crippen LogP) is 3.93. The van der Waals surface area contributed by atoms with Crippen molar-refractivity contribution in [1.82, 2.24) is 4.72 Å². The third-order valence-electron chi connectivity index (χ3n) is 4.54. The van der Waals surface area contributed by atoms with Crippen LogP contribution in [0.25, 0.3) is 0 Å². The van der Waals surface area contributed by atoms with E-state index >= 15 is 0 Å². The highest BCUT2D eigenvalue weighted by Gasteiger charge is 2.19. The highest BCUT2D eigenvalue weighted by Crippen LogP contribution is 2.27. The number of nitrogens with zero attached hydrogens (tertiary/aromatic N) is 1. The Hall–Kier alpha value is -1.57. The van der Waals surface area contributed by atoms with Gasteiger partial charge in [-0.2, -0.15) is 0 Å². The number of halogens is 1. The van der Waals surface area contributed by atoms with E-state index in [9.17, 15) is 8.42 Å². The molecule has 1 aliphatic rings. The lowest BCUT2D eigenvalue weighted by atomic mass is 10.1. The van der Waals surface area contributed by atoms with E-state index in [0.717, 1.165) is 18.7 Å². The molecule has 5 nitrogen and oxygen atoms in total. The van der Waals surface area contributed by atoms with Gasteiger partial charge in [0.1, 0.15) is 10.6 Å². The summed E-state index contributed by atoms with van der Waals surface area (Å²) in [6.45, 7) is 2.42.